The minimum absolute atomic E-state index is 0.0702. The van der Waals surface area contributed by atoms with Crippen molar-refractivity contribution in [1.29, 1.82) is 0 Å². The minimum atomic E-state index is -0.350. The zero-order chi connectivity index (χ0) is 21.6. The maximum absolute atomic E-state index is 6.66. The van der Waals surface area contributed by atoms with E-state index in [1.165, 1.54) is 22.3 Å². The summed E-state index contributed by atoms with van der Waals surface area (Å²) in [5.41, 5.74) is 6.83. The molecule has 2 radical (unpaired) electrons. The number of hydrogen-bond donors (Lipinski definition) is 1. The first kappa shape index (κ1) is 21.7. The molecule has 0 aliphatic heterocycles. The highest BCUT2D eigenvalue weighted by Crippen LogP contribution is 2.54. The molecule has 1 atom stereocenters. The molecule has 0 saturated carbocycles. The standard InChI is InChI=1S/C28H30BN/c1-5-13-22(7-3)30-23(14-6-2)15-12-20-28(21(4)29)26-18-10-8-16-24(26)25-17-9-11-19-27(25)28/h5-21,30H,1-4H3/b13-5-,14-6-,20-12+,22-7+,23-15+. The summed E-state index contributed by atoms with van der Waals surface area (Å²) in [6.45, 7) is 8.17. The Kier molecular flexibility index (Phi) is 7.00. The van der Waals surface area contributed by atoms with Gasteiger partial charge in [-0.1, -0.05) is 91.7 Å². The largest absolute Gasteiger partial charge is 0.356 e. The van der Waals surface area contributed by atoms with Gasteiger partial charge in [-0.15, -0.1) is 0 Å². The van der Waals surface area contributed by atoms with Crippen molar-refractivity contribution in [3.05, 3.63) is 120 Å². The second kappa shape index (κ2) is 9.67. The zero-order valence-electron chi connectivity index (χ0n) is 18.4. The highest BCUT2D eigenvalue weighted by atomic mass is 14.9. The predicted octanol–water partition coefficient (Wildman–Crippen LogP) is 7.02. The van der Waals surface area contributed by atoms with Crippen molar-refractivity contribution in [2.45, 2.75) is 38.9 Å². The van der Waals surface area contributed by atoms with Crippen molar-refractivity contribution in [1.82, 2.24) is 5.32 Å². The normalized spacial score (nSPS) is 16.9. The van der Waals surface area contributed by atoms with E-state index in [4.69, 9.17) is 7.85 Å². The zero-order valence-corrected chi connectivity index (χ0v) is 18.4. The van der Waals surface area contributed by atoms with Crippen LogP contribution in [0.25, 0.3) is 11.1 Å². The molecule has 0 bridgehead atoms. The third-order valence-corrected chi connectivity index (χ3v) is 5.68. The second-order valence-corrected chi connectivity index (χ2v) is 7.60. The van der Waals surface area contributed by atoms with Crippen LogP contribution in [-0.4, -0.2) is 7.85 Å². The molecule has 1 aliphatic carbocycles. The van der Waals surface area contributed by atoms with Crippen molar-refractivity contribution in [3.63, 3.8) is 0 Å². The summed E-state index contributed by atoms with van der Waals surface area (Å²) < 4.78 is 0. The van der Waals surface area contributed by atoms with Crippen molar-refractivity contribution in [3.8, 4) is 11.1 Å². The molecule has 0 heterocycles. The van der Waals surface area contributed by atoms with E-state index in [1.54, 1.807) is 0 Å². The van der Waals surface area contributed by atoms with Gasteiger partial charge in [0.2, 0.25) is 0 Å². The Bertz CT molecular complexity index is 989. The van der Waals surface area contributed by atoms with Gasteiger partial charge in [-0.2, -0.15) is 0 Å². The average Bonchev–Trinajstić information content (AvgIpc) is 3.05. The molecule has 2 aromatic rings. The van der Waals surface area contributed by atoms with E-state index < -0.39 is 0 Å². The number of nitrogens with one attached hydrogen (secondary N) is 1. The van der Waals surface area contributed by atoms with Gasteiger partial charge in [0.05, 0.1) is 7.85 Å². The molecule has 2 heteroatoms. The summed E-state index contributed by atoms with van der Waals surface area (Å²) in [5.74, 6) is -0.0702. The third-order valence-electron chi connectivity index (χ3n) is 5.68. The first-order valence-corrected chi connectivity index (χ1v) is 10.6. The van der Waals surface area contributed by atoms with Crippen LogP contribution in [0.1, 0.15) is 38.8 Å². The molecule has 1 N–H and O–H groups in total. The molecule has 3 rings (SSSR count). The fourth-order valence-corrected chi connectivity index (χ4v) is 4.30. The van der Waals surface area contributed by atoms with Gasteiger partial charge in [-0.3, -0.25) is 0 Å². The van der Waals surface area contributed by atoms with Crippen molar-refractivity contribution >= 4 is 7.85 Å². The van der Waals surface area contributed by atoms with Crippen molar-refractivity contribution in [2.24, 2.45) is 0 Å². The maximum Gasteiger partial charge on any atom is 0.0716 e. The summed E-state index contributed by atoms with van der Waals surface area (Å²) in [4.78, 5) is 0. The lowest BCUT2D eigenvalue weighted by atomic mass is 9.61. The third kappa shape index (κ3) is 4.00. The topological polar surface area (TPSA) is 12.0 Å². The van der Waals surface area contributed by atoms with E-state index in [9.17, 15) is 0 Å². The monoisotopic (exact) mass is 391 g/mol. The molecule has 1 unspecified atom stereocenters. The molecule has 0 saturated heterocycles. The summed E-state index contributed by atoms with van der Waals surface area (Å²) in [6, 6.07) is 17.2. The van der Waals surface area contributed by atoms with E-state index in [2.05, 4.69) is 97.2 Å². The molecule has 2 aromatic carbocycles. The molecule has 0 amide bonds. The molecule has 0 aromatic heterocycles. The van der Waals surface area contributed by atoms with Gasteiger partial charge in [0, 0.05) is 16.8 Å². The van der Waals surface area contributed by atoms with Crippen LogP contribution in [0.5, 0.6) is 0 Å². The SMILES string of the molecule is [B]C(C)C1(/C=C/C=C(\C=C/C)NC(/C=C\C)=C/C)c2ccccc2-c2ccccc21. The van der Waals surface area contributed by atoms with Crippen LogP contribution in [0.4, 0.5) is 0 Å². The molecular weight excluding hydrogens is 361 g/mol. The van der Waals surface area contributed by atoms with Gasteiger partial charge in [0.15, 0.2) is 0 Å². The van der Waals surface area contributed by atoms with Crippen LogP contribution in [0, 0.1) is 0 Å². The van der Waals surface area contributed by atoms with Gasteiger partial charge in [0.1, 0.15) is 0 Å². The Morgan fingerprint density at radius 3 is 1.90 bits per heavy atom. The number of allylic oxidation sites excluding steroid dienone is 8. The van der Waals surface area contributed by atoms with Crippen molar-refractivity contribution < 1.29 is 0 Å². The fourth-order valence-electron chi connectivity index (χ4n) is 4.30. The predicted molar refractivity (Wildman–Crippen MR) is 132 cm³/mol. The van der Waals surface area contributed by atoms with Crippen LogP contribution in [0.15, 0.2) is 109 Å². The summed E-state index contributed by atoms with van der Waals surface area (Å²) in [6.07, 6.45) is 16.8. The first-order chi connectivity index (χ1) is 14.6. The highest BCUT2D eigenvalue weighted by molar-refractivity contribution is 6.14. The number of rotatable bonds is 7. The molecule has 30 heavy (non-hydrogen) atoms. The number of benzene rings is 2. The van der Waals surface area contributed by atoms with Crippen LogP contribution >= 0.6 is 0 Å². The van der Waals surface area contributed by atoms with Crippen LogP contribution in [0.3, 0.4) is 0 Å². The lowest BCUT2D eigenvalue weighted by Gasteiger charge is -2.33. The molecule has 0 spiro atoms. The minimum Gasteiger partial charge on any atom is -0.356 e. The Morgan fingerprint density at radius 1 is 0.867 bits per heavy atom. The molecular formula is C28H30BN. The second-order valence-electron chi connectivity index (χ2n) is 7.60. The maximum atomic E-state index is 6.66. The Hall–Kier alpha value is -3.00. The quantitative estimate of drug-likeness (QED) is 0.395. The first-order valence-electron chi connectivity index (χ1n) is 10.6. The van der Waals surface area contributed by atoms with Crippen molar-refractivity contribution in [2.75, 3.05) is 0 Å². The summed E-state index contributed by atoms with van der Waals surface area (Å²) in [5, 5.41) is 3.48. The lowest BCUT2D eigenvalue weighted by molar-refractivity contribution is 0.632. The van der Waals surface area contributed by atoms with Gasteiger partial charge in [0.25, 0.3) is 0 Å². The van der Waals surface area contributed by atoms with Gasteiger partial charge >= 0.3 is 0 Å². The average molecular weight is 391 g/mol. The van der Waals surface area contributed by atoms with Crippen LogP contribution < -0.4 is 5.32 Å². The Labute approximate surface area is 183 Å². The van der Waals surface area contributed by atoms with E-state index in [1.807, 2.05) is 32.9 Å². The number of hydrogen-bond acceptors (Lipinski definition) is 1. The van der Waals surface area contributed by atoms with E-state index in [-0.39, 0.29) is 11.2 Å². The van der Waals surface area contributed by atoms with E-state index in [0.29, 0.717) is 0 Å². The van der Waals surface area contributed by atoms with Gasteiger partial charge in [-0.05, 0) is 61.3 Å². The van der Waals surface area contributed by atoms with Crippen LogP contribution in [0.2, 0.25) is 5.82 Å². The lowest BCUT2D eigenvalue weighted by Crippen LogP contribution is -2.27. The molecule has 150 valence electrons. The summed E-state index contributed by atoms with van der Waals surface area (Å²) >= 11 is 0. The number of fused-ring (bicyclic) bond motifs is 3. The van der Waals surface area contributed by atoms with E-state index >= 15 is 0 Å². The van der Waals surface area contributed by atoms with Gasteiger partial charge < -0.3 is 5.32 Å². The highest BCUT2D eigenvalue weighted by Gasteiger charge is 2.42. The smallest absolute Gasteiger partial charge is 0.0716 e. The van der Waals surface area contributed by atoms with Crippen LogP contribution in [-0.2, 0) is 5.41 Å². The fraction of sp³-hybridized carbons (Fsp3) is 0.214. The van der Waals surface area contributed by atoms with E-state index in [0.717, 1.165) is 11.4 Å². The molecule has 1 aliphatic rings. The molecule has 0 fully saturated rings. The Morgan fingerprint density at radius 2 is 1.40 bits per heavy atom. The molecule has 1 nitrogen and oxygen atoms in total. The Balaban J connectivity index is 2.07. The van der Waals surface area contributed by atoms with Gasteiger partial charge in [-0.25, -0.2) is 0 Å². The summed E-state index contributed by atoms with van der Waals surface area (Å²) in [7, 11) is 6.66.